The SMILES string of the molecule is COc1ccc(Cl)c(Nc2nc3ccccc3nc2NSc2cccc(NC(=O)C(C)(C)N)c2)c1. The number of para-hydroxylation sites is 2. The average Bonchev–Trinajstić information content (AvgIpc) is 2.83. The van der Waals surface area contributed by atoms with Crippen LogP contribution in [0.25, 0.3) is 11.0 Å². The van der Waals surface area contributed by atoms with Crippen molar-refractivity contribution in [1.82, 2.24) is 9.97 Å². The zero-order valence-corrected chi connectivity index (χ0v) is 21.0. The summed E-state index contributed by atoms with van der Waals surface area (Å²) in [5, 5.41) is 6.62. The minimum Gasteiger partial charge on any atom is -0.497 e. The van der Waals surface area contributed by atoms with Gasteiger partial charge in [0.15, 0.2) is 11.6 Å². The standard InChI is InChI=1S/C25H25ClN6O2S/c1-25(2,27)24(33)28-15-7-6-8-17(13-15)35-32-23-22(29-19-9-4-5-10-20(19)30-23)31-21-14-16(34-3)11-12-18(21)26/h4-14H,27H2,1-3H3,(H,28,33)(H,29,31)(H,30,32). The highest BCUT2D eigenvalue weighted by molar-refractivity contribution is 8.00. The smallest absolute Gasteiger partial charge is 0.243 e. The number of hydrogen-bond donors (Lipinski definition) is 4. The molecule has 5 N–H and O–H groups in total. The number of ether oxygens (including phenoxy) is 1. The molecular formula is C25H25ClN6O2S. The van der Waals surface area contributed by atoms with E-state index in [2.05, 4.69) is 15.4 Å². The topological polar surface area (TPSA) is 114 Å². The van der Waals surface area contributed by atoms with E-state index < -0.39 is 5.54 Å². The van der Waals surface area contributed by atoms with E-state index >= 15 is 0 Å². The van der Waals surface area contributed by atoms with Gasteiger partial charge in [0.05, 0.1) is 34.4 Å². The summed E-state index contributed by atoms with van der Waals surface area (Å²) in [4.78, 5) is 22.6. The van der Waals surface area contributed by atoms with Crippen LogP contribution in [-0.2, 0) is 4.79 Å². The molecule has 1 aromatic heterocycles. The quantitative estimate of drug-likeness (QED) is 0.220. The second kappa shape index (κ2) is 10.4. The predicted octanol–water partition coefficient (Wildman–Crippen LogP) is 5.83. The van der Waals surface area contributed by atoms with E-state index in [-0.39, 0.29) is 5.91 Å². The molecule has 0 radical (unpaired) electrons. The van der Waals surface area contributed by atoms with E-state index in [9.17, 15) is 4.79 Å². The van der Waals surface area contributed by atoms with Crippen LogP contribution in [-0.4, -0.2) is 28.5 Å². The Hall–Kier alpha value is -3.53. The lowest BCUT2D eigenvalue weighted by molar-refractivity contribution is -0.120. The Kier molecular flexibility index (Phi) is 7.30. The van der Waals surface area contributed by atoms with Gasteiger partial charge < -0.3 is 25.8 Å². The average molecular weight is 509 g/mol. The highest BCUT2D eigenvalue weighted by Crippen LogP contribution is 2.33. The number of nitrogens with zero attached hydrogens (tertiary/aromatic N) is 2. The molecule has 3 aromatic carbocycles. The second-order valence-electron chi connectivity index (χ2n) is 8.29. The van der Waals surface area contributed by atoms with Crippen LogP contribution in [0, 0.1) is 0 Å². The Morgan fingerprint density at radius 1 is 1.00 bits per heavy atom. The molecule has 1 amide bonds. The number of methoxy groups -OCH3 is 1. The van der Waals surface area contributed by atoms with Crippen molar-refractivity contribution in [2.45, 2.75) is 24.3 Å². The summed E-state index contributed by atoms with van der Waals surface area (Å²) in [6.07, 6.45) is 0. The summed E-state index contributed by atoms with van der Waals surface area (Å²) in [6, 6.07) is 20.4. The summed E-state index contributed by atoms with van der Waals surface area (Å²) in [5.41, 5.74) is 7.66. The molecule has 10 heteroatoms. The minimum atomic E-state index is -0.982. The molecule has 8 nitrogen and oxygen atoms in total. The van der Waals surface area contributed by atoms with Crippen LogP contribution in [0.3, 0.4) is 0 Å². The van der Waals surface area contributed by atoms with Crippen LogP contribution >= 0.6 is 23.5 Å². The normalized spacial score (nSPS) is 11.2. The van der Waals surface area contributed by atoms with E-state index in [1.807, 2.05) is 42.5 Å². The van der Waals surface area contributed by atoms with Crippen LogP contribution < -0.4 is 25.8 Å². The number of nitrogens with one attached hydrogen (secondary N) is 3. The summed E-state index contributed by atoms with van der Waals surface area (Å²) in [7, 11) is 1.59. The fourth-order valence-electron chi connectivity index (χ4n) is 3.05. The Bertz CT molecular complexity index is 1380. The van der Waals surface area contributed by atoms with Gasteiger partial charge in [-0.1, -0.05) is 29.8 Å². The van der Waals surface area contributed by atoms with E-state index in [0.29, 0.717) is 33.8 Å². The molecule has 0 aliphatic carbocycles. The lowest BCUT2D eigenvalue weighted by Crippen LogP contribution is -2.45. The first kappa shape index (κ1) is 24.6. The summed E-state index contributed by atoms with van der Waals surface area (Å²) in [6.45, 7) is 3.31. The summed E-state index contributed by atoms with van der Waals surface area (Å²) < 4.78 is 8.59. The van der Waals surface area contributed by atoms with Crippen molar-refractivity contribution in [3.8, 4) is 5.75 Å². The number of carbonyl (C=O) groups is 1. The van der Waals surface area contributed by atoms with Gasteiger partial charge in [-0.05, 0) is 68.3 Å². The fraction of sp³-hybridized carbons (Fsp3) is 0.160. The van der Waals surface area contributed by atoms with Gasteiger partial charge in [0.1, 0.15) is 5.75 Å². The third-order valence-electron chi connectivity index (χ3n) is 4.94. The van der Waals surface area contributed by atoms with E-state index in [0.717, 1.165) is 15.9 Å². The number of anilines is 4. The number of nitrogens with two attached hydrogens (primary N) is 1. The number of halogens is 1. The monoisotopic (exact) mass is 508 g/mol. The van der Waals surface area contributed by atoms with Crippen LogP contribution in [0.15, 0.2) is 71.6 Å². The number of benzene rings is 3. The van der Waals surface area contributed by atoms with Gasteiger partial charge in [-0.15, -0.1) is 0 Å². The van der Waals surface area contributed by atoms with Crippen LogP contribution in [0.1, 0.15) is 13.8 Å². The molecular weight excluding hydrogens is 484 g/mol. The lowest BCUT2D eigenvalue weighted by Gasteiger charge is -2.18. The molecule has 0 saturated carbocycles. The van der Waals surface area contributed by atoms with Gasteiger partial charge in [0.2, 0.25) is 5.91 Å². The van der Waals surface area contributed by atoms with Gasteiger partial charge >= 0.3 is 0 Å². The van der Waals surface area contributed by atoms with E-state index in [1.165, 1.54) is 11.9 Å². The summed E-state index contributed by atoms with van der Waals surface area (Å²) in [5.74, 6) is 1.41. The zero-order chi connectivity index (χ0) is 25.0. The van der Waals surface area contributed by atoms with Crippen molar-refractivity contribution >= 4 is 63.5 Å². The predicted molar refractivity (Wildman–Crippen MR) is 144 cm³/mol. The van der Waals surface area contributed by atoms with E-state index in [4.69, 9.17) is 32.0 Å². The summed E-state index contributed by atoms with van der Waals surface area (Å²) >= 11 is 7.74. The maximum absolute atomic E-state index is 12.2. The molecule has 0 spiro atoms. The molecule has 0 aliphatic rings. The zero-order valence-electron chi connectivity index (χ0n) is 19.4. The molecule has 180 valence electrons. The number of amides is 1. The van der Waals surface area contributed by atoms with Crippen LogP contribution in [0.2, 0.25) is 5.02 Å². The van der Waals surface area contributed by atoms with E-state index in [1.54, 1.807) is 45.2 Å². The first-order valence-electron chi connectivity index (χ1n) is 10.7. The second-order valence-corrected chi connectivity index (χ2v) is 9.57. The van der Waals surface area contributed by atoms with Gasteiger partial charge in [-0.3, -0.25) is 4.79 Å². The third kappa shape index (κ3) is 6.13. The van der Waals surface area contributed by atoms with Gasteiger partial charge in [-0.25, -0.2) is 9.97 Å². The molecule has 4 aromatic rings. The molecule has 0 bridgehead atoms. The molecule has 1 heterocycles. The van der Waals surface area contributed by atoms with Gasteiger partial charge in [0, 0.05) is 16.6 Å². The number of fused-ring (bicyclic) bond motifs is 1. The van der Waals surface area contributed by atoms with Crippen molar-refractivity contribution in [3.05, 3.63) is 71.8 Å². The molecule has 4 rings (SSSR count). The maximum atomic E-state index is 12.2. The van der Waals surface area contributed by atoms with Crippen molar-refractivity contribution < 1.29 is 9.53 Å². The Balaban J connectivity index is 1.61. The van der Waals surface area contributed by atoms with Crippen molar-refractivity contribution in [2.24, 2.45) is 5.73 Å². The highest BCUT2D eigenvalue weighted by atomic mass is 35.5. The molecule has 0 saturated heterocycles. The van der Waals surface area contributed by atoms with Gasteiger partial charge in [-0.2, -0.15) is 0 Å². The molecule has 0 unspecified atom stereocenters. The van der Waals surface area contributed by atoms with Crippen LogP contribution in [0.5, 0.6) is 5.75 Å². The van der Waals surface area contributed by atoms with Gasteiger partial charge in [0.25, 0.3) is 0 Å². The first-order valence-corrected chi connectivity index (χ1v) is 11.9. The fourth-order valence-corrected chi connectivity index (χ4v) is 3.90. The maximum Gasteiger partial charge on any atom is 0.243 e. The highest BCUT2D eigenvalue weighted by Gasteiger charge is 2.21. The third-order valence-corrected chi connectivity index (χ3v) is 6.05. The molecule has 0 aliphatic heterocycles. The minimum absolute atomic E-state index is 0.269. The van der Waals surface area contributed by atoms with Crippen molar-refractivity contribution in [3.63, 3.8) is 0 Å². The van der Waals surface area contributed by atoms with Crippen LogP contribution in [0.4, 0.5) is 23.0 Å². The largest absolute Gasteiger partial charge is 0.497 e. The number of carbonyl (C=O) groups excluding carboxylic acids is 1. The number of aromatic nitrogens is 2. The van der Waals surface area contributed by atoms with Crippen molar-refractivity contribution in [1.29, 1.82) is 0 Å². The Labute approximate surface area is 212 Å². The Morgan fingerprint density at radius 3 is 2.40 bits per heavy atom. The molecule has 0 fully saturated rings. The molecule has 0 atom stereocenters. The lowest BCUT2D eigenvalue weighted by atomic mass is 10.1. The number of rotatable bonds is 8. The number of hydrogen-bond acceptors (Lipinski definition) is 8. The van der Waals surface area contributed by atoms with Crippen molar-refractivity contribution in [2.75, 3.05) is 22.5 Å². The molecule has 35 heavy (non-hydrogen) atoms. The first-order chi connectivity index (χ1) is 16.7. The Morgan fingerprint density at radius 2 is 1.71 bits per heavy atom.